The summed E-state index contributed by atoms with van der Waals surface area (Å²) in [5.74, 6) is -9.47. The Morgan fingerprint density at radius 3 is 1.28 bits per heavy atom. The van der Waals surface area contributed by atoms with Crippen LogP contribution in [0.2, 0.25) is 0 Å². The summed E-state index contributed by atoms with van der Waals surface area (Å²) in [6, 6.07) is 21.3. The molecule has 3 aromatic carbocycles. The average Bonchev–Trinajstić information content (AvgIpc) is 1.45. The second-order valence-electron chi connectivity index (χ2n) is 20.8. The molecule has 88 heavy (non-hydrogen) atoms. The highest BCUT2D eigenvalue weighted by atomic mass is 32.2. The molecule has 12 atom stereocenters. The number of fused-ring (bicyclic) bond motifs is 2. The van der Waals surface area contributed by atoms with Gasteiger partial charge in [0, 0.05) is 84.9 Å². The zero-order valence-corrected chi connectivity index (χ0v) is 51.1. The van der Waals surface area contributed by atoms with Crippen LogP contribution in [0, 0.1) is 0 Å². The van der Waals surface area contributed by atoms with E-state index in [1.165, 1.54) is 70.5 Å². The summed E-state index contributed by atoms with van der Waals surface area (Å²) in [6.45, 7) is 1.49. The third-order valence-electron chi connectivity index (χ3n) is 14.3. The van der Waals surface area contributed by atoms with E-state index in [2.05, 4.69) is 31.9 Å². The predicted octanol–water partition coefficient (Wildman–Crippen LogP) is 1.03. The van der Waals surface area contributed by atoms with E-state index in [-0.39, 0.29) is 26.3 Å². The van der Waals surface area contributed by atoms with E-state index in [0.29, 0.717) is 56.7 Å². The van der Waals surface area contributed by atoms with Crippen molar-refractivity contribution in [3.8, 4) is 0 Å². The maximum atomic E-state index is 12.9. The summed E-state index contributed by atoms with van der Waals surface area (Å²) in [5, 5.41) is 104. The van der Waals surface area contributed by atoms with Crippen LogP contribution in [0.1, 0.15) is 79.6 Å². The number of carbonyl (C=O) groups excluding carboxylic acids is 6. The van der Waals surface area contributed by atoms with Crippen LogP contribution in [-0.4, -0.2) is 223 Å². The highest BCUT2D eigenvalue weighted by molar-refractivity contribution is 7.99. The van der Waals surface area contributed by atoms with Crippen molar-refractivity contribution in [3.05, 3.63) is 106 Å². The normalized spacial score (nSPS) is 23.2. The molecule has 5 aromatic rings. The second kappa shape index (κ2) is 32.4. The van der Waals surface area contributed by atoms with Crippen molar-refractivity contribution >= 4 is 114 Å². The van der Waals surface area contributed by atoms with Crippen LogP contribution in [-0.2, 0) is 38.1 Å². The van der Waals surface area contributed by atoms with Gasteiger partial charge in [-0.3, -0.25) is 28.8 Å². The number of hydrogen-bond acceptors (Lipinski definition) is 22. The lowest BCUT2D eigenvalue weighted by Crippen LogP contribution is -2.68. The summed E-state index contributed by atoms with van der Waals surface area (Å²) < 4.78 is 24.8. The third kappa shape index (κ3) is 18.4. The Balaban J connectivity index is 0.772. The van der Waals surface area contributed by atoms with Crippen molar-refractivity contribution in [2.75, 3.05) is 62.4 Å². The van der Waals surface area contributed by atoms with E-state index < -0.39 is 146 Å². The molecule has 0 aliphatic carbocycles. The van der Waals surface area contributed by atoms with Crippen LogP contribution in [0.15, 0.2) is 84.9 Å². The van der Waals surface area contributed by atoms with Crippen LogP contribution in [0.25, 0.3) is 20.2 Å². The standard InChI is InChI=1S/C58H72N6O20S4/c1-31(65)63-45-37(67)27-57(55(77)78,83-49(45)47(71)39(69)29-61-53(75)43-25-35-9-3-5-11-41(35)87-43)81-19-7-21-85-23-17-59-51(73)33-13-15-34(16-14-33)52(74)60-18-24-86-22-8-20-82-58(56(79)80)28-38(68)46(64-32(2)66)50(84-58)48(72)40(70)30-62-54(76)44-26-36-10-4-6-12-42(36)88-44/h3-6,9-16,25-26,37-40,45-50,67-72H,7-8,17-24,27-30H2,1-2H3,(H,59,73)(H,60,74)(H,61,75)(H,62,76)(H,63,65)(H,64,66)(H,77,78)(H,79,80)/t37-,38-,39+,40+,45+,46+,47?,48?,49+,50+,57+,58+/m0/s1. The number of amides is 6. The first kappa shape index (κ1) is 69.1. The lowest BCUT2D eigenvalue weighted by Gasteiger charge is -2.46. The Bertz CT molecular complexity index is 2950. The number of rotatable bonds is 32. The maximum absolute atomic E-state index is 12.9. The van der Waals surface area contributed by atoms with Gasteiger partial charge in [0.15, 0.2) is 0 Å². The average molecular weight is 1300 g/mol. The van der Waals surface area contributed by atoms with E-state index in [1.54, 1.807) is 12.1 Å². The minimum atomic E-state index is -2.48. The smallest absolute Gasteiger partial charge is 0.364 e. The molecule has 2 aromatic heterocycles. The molecule has 478 valence electrons. The molecule has 4 heterocycles. The highest BCUT2D eigenvalue weighted by Crippen LogP contribution is 2.36. The van der Waals surface area contributed by atoms with Gasteiger partial charge >= 0.3 is 11.9 Å². The number of benzene rings is 3. The first-order chi connectivity index (χ1) is 42.0. The zero-order chi connectivity index (χ0) is 63.7. The first-order valence-electron chi connectivity index (χ1n) is 28.1. The highest BCUT2D eigenvalue weighted by Gasteiger charge is 2.57. The molecule has 0 bridgehead atoms. The van der Waals surface area contributed by atoms with Gasteiger partial charge in [-0.2, -0.15) is 23.5 Å². The van der Waals surface area contributed by atoms with Gasteiger partial charge in [-0.15, -0.1) is 22.7 Å². The number of aliphatic carboxylic acids is 2. The van der Waals surface area contributed by atoms with Crippen molar-refractivity contribution in [2.45, 2.75) is 112 Å². The monoisotopic (exact) mass is 1300 g/mol. The van der Waals surface area contributed by atoms with Crippen molar-refractivity contribution in [3.63, 3.8) is 0 Å². The minimum Gasteiger partial charge on any atom is -0.477 e. The Morgan fingerprint density at radius 1 is 0.557 bits per heavy atom. The number of nitrogens with one attached hydrogen (secondary N) is 6. The number of aliphatic hydroxyl groups excluding tert-OH is 6. The van der Waals surface area contributed by atoms with E-state index in [0.717, 1.165) is 34.0 Å². The molecule has 2 aliphatic rings. The maximum Gasteiger partial charge on any atom is 0.364 e. The van der Waals surface area contributed by atoms with Crippen molar-refractivity contribution in [1.82, 2.24) is 31.9 Å². The summed E-state index contributed by atoms with van der Waals surface area (Å²) in [7, 11) is 0. The molecule has 26 nitrogen and oxygen atoms in total. The van der Waals surface area contributed by atoms with Gasteiger partial charge in [-0.1, -0.05) is 36.4 Å². The number of carboxylic acids is 2. The molecule has 6 amide bonds. The van der Waals surface area contributed by atoms with Gasteiger partial charge in [-0.05, 0) is 83.7 Å². The van der Waals surface area contributed by atoms with Gasteiger partial charge in [0.2, 0.25) is 11.8 Å². The van der Waals surface area contributed by atoms with Gasteiger partial charge in [0.1, 0.15) is 24.4 Å². The number of aliphatic hydroxyl groups is 6. The molecule has 2 saturated heterocycles. The molecule has 2 fully saturated rings. The second-order valence-corrected chi connectivity index (χ2v) is 25.4. The Hall–Kier alpha value is -6.36. The van der Waals surface area contributed by atoms with E-state index in [1.807, 2.05) is 48.5 Å². The molecule has 14 N–H and O–H groups in total. The number of thiophene rings is 2. The molecule has 30 heteroatoms. The molecule has 2 aliphatic heterocycles. The largest absolute Gasteiger partial charge is 0.477 e. The Morgan fingerprint density at radius 2 is 0.932 bits per heavy atom. The number of thioether (sulfide) groups is 2. The molecule has 2 unspecified atom stereocenters. The van der Waals surface area contributed by atoms with E-state index >= 15 is 0 Å². The summed E-state index contributed by atoms with van der Waals surface area (Å²) in [6.07, 6.45) is -14.5. The Labute approximate surface area is 521 Å². The van der Waals surface area contributed by atoms with Crippen LogP contribution in [0.5, 0.6) is 0 Å². The fraction of sp³-hybridized carbons (Fsp3) is 0.483. The molecular formula is C58H72N6O20S4. The third-order valence-corrected chi connectivity index (χ3v) is 18.6. The van der Waals surface area contributed by atoms with Gasteiger partial charge in [0.25, 0.3) is 35.2 Å². The number of ether oxygens (including phenoxy) is 4. The van der Waals surface area contributed by atoms with Crippen LogP contribution in [0.4, 0.5) is 0 Å². The number of carbonyl (C=O) groups is 8. The summed E-state index contributed by atoms with van der Waals surface area (Å²) in [4.78, 5) is 102. The number of carboxylic acid groups (broad SMARTS) is 2. The van der Waals surface area contributed by atoms with Gasteiger partial charge < -0.3 is 91.7 Å². The molecule has 0 saturated carbocycles. The molecule has 0 spiro atoms. The van der Waals surface area contributed by atoms with Crippen LogP contribution < -0.4 is 31.9 Å². The fourth-order valence-corrected chi connectivity index (χ4v) is 13.3. The van der Waals surface area contributed by atoms with Crippen molar-refractivity contribution in [1.29, 1.82) is 0 Å². The summed E-state index contributed by atoms with van der Waals surface area (Å²) in [5.41, 5.74) is 0.600. The predicted molar refractivity (Wildman–Crippen MR) is 326 cm³/mol. The molecular weight excluding hydrogens is 1230 g/mol. The van der Waals surface area contributed by atoms with E-state index in [4.69, 9.17) is 18.9 Å². The van der Waals surface area contributed by atoms with Crippen LogP contribution >= 0.6 is 46.2 Å². The molecule has 7 rings (SSSR count). The fourth-order valence-electron chi connectivity index (χ4n) is 9.79. The van der Waals surface area contributed by atoms with Crippen LogP contribution in [0.3, 0.4) is 0 Å². The van der Waals surface area contributed by atoms with Gasteiger partial charge in [0.05, 0.1) is 59.5 Å². The minimum absolute atomic E-state index is 0.177. The van der Waals surface area contributed by atoms with Crippen molar-refractivity contribution in [2.24, 2.45) is 0 Å². The number of hydrogen-bond donors (Lipinski definition) is 14. The first-order valence-corrected chi connectivity index (χ1v) is 32.0. The van der Waals surface area contributed by atoms with E-state index in [9.17, 15) is 79.2 Å². The quantitative estimate of drug-likeness (QED) is 0.0267. The topological polar surface area (TPSA) is 408 Å². The lowest BCUT2D eigenvalue weighted by atomic mass is 9.88. The van der Waals surface area contributed by atoms with Crippen molar-refractivity contribution < 1.29 is 98.2 Å². The zero-order valence-electron chi connectivity index (χ0n) is 47.9. The Kier molecular flexibility index (Phi) is 25.4. The lowest BCUT2D eigenvalue weighted by molar-refractivity contribution is -0.310. The summed E-state index contributed by atoms with van der Waals surface area (Å²) >= 11 is 5.30. The van der Waals surface area contributed by atoms with Gasteiger partial charge in [-0.25, -0.2) is 9.59 Å². The SMILES string of the molecule is CC(=O)N[C@@H]1[C@@H](O)C[C@](OCCCSCCNC(=O)c2ccc(C(=O)NCCSCCCO[C@]3(C(=O)O)C[C@H](O)[C@@H](NC(C)=O)[C@H](C(O)[C@H](O)CNC(=O)c4cc5ccccc5s4)O3)cc2)(C(=O)O)O[C@H]1C(O)[C@H](O)CNC(=O)c1cc2ccccc2s1. The molecule has 0 radical (unpaired) electrons.